The first-order valence-corrected chi connectivity index (χ1v) is 10.2. The average Bonchev–Trinajstić information content (AvgIpc) is 2.48. The Kier molecular flexibility index (Phi) is 4.63. The molecule has 0 aliphatic rings. The zero-order valence-electron chi connectivity index (χ0n) is 13.1. The topological polar surface area (TPSA) is 26.3 Å². The average molecular weight is 298 g/mol. The molecule has 3 heteroatoms. The number of carbonyl (C=O) groups is 1. The van der Waals surface area contributed by atoms with Gasteiger partial charge in [-0.15, -0.1) is 0 Å². The van der Waals surface area contributed by atoms with E-state index in [1.807, 2.05) is 12.1 Å². The summed E-state index contributed by atoms with van der Waals surface area (Å²) >= 11 is 0. The Hall–Kier alpha value is -1.87. The highest BCUT2D eigenvalue weighted by Crippen LogP contribution is 2.08. The summed E-state index contributed by atoms with van der Waals surface area (Å²) < 4.78 is 4.70. The summed E-state index contributed by atoms with van der Waals surface area (Å²) in [5.41, 5.74) is 2.29. The Morgan fingerprint density at radius 2 is 1.43 bits per heavy atom. The molecule has 0 radical (unpaired) electrons. The van der Waals surface area contributed by atoms with Gasteiger partial charge >= 0.3 is 5.97 Å². The van der Waals surface area contributed by atoms with Gasteiger partial charge in [0, 0.05) is 0 Å². The zero-order valence-corrected chi connectivity index (χ0v) is 14.1. The van der Waals surface area contributed by atoms with Crippen LogP contribution in [0.5, 0.6) is 0 Å². The monoisotopic (exact) mass is 298 g/mol. The largest absolute Gasteiger partial charge is 0.469 e. The van der Waals surface area contributed by atoms with Gasteiger partial charge in [-0.2, -0.15) is 0 Å². The molecule has 0 saturated heterocycles. The highest BCUT2D eigenvalue weighted by atomic mass is 28.3. The molecule has 110 valence electrons. The predicted molar refractivity (Wildman–Crippen MR) is 90.1 cm³/mol. The molecular formula is C18H22O2Si. The second-order valence-electron chi connectivity index (χ2n) is 5.94. The van der Waals surface area contributed by atoms with E-state index in [4.69, 9.17) is 4.74 Å². The third kappa shape index (κ3) is 3.61. The molecule has 0 saturated carbocycles. The Labute approximate surface area is 127 Å². The lowest BCUT2D eigenvalue weighted by atomic mass is 10.1. The number of carbonyl (C=O) groups excluding carboxylic acids is 1. The molecule has 0 N–H and O–H groups in total. The van der Waals surface area contributed by atoms with Gasteiger partial charge < -0.3 is 4.74 Å². The maximum atomic E-state index is 11.3. The molecule has 2 aromatic rings. The van der Waals surface area contributed by atoms with E-state index in [1.165, 1.54) is 23.0 Å². The van der Waals surface area contributed by atoms with Crippen LogP contribution in [0.3, 0.4) is 0 Å². The Morgan fingerprint density at radius 3 is 1.90 bits per heavy atom. The second kappa shape index (κ2) is 6.27. The molecule has 2 rings (SSSR count). The predicted octanol–water partition coefficient (Wildman–Crippen LogP) is 2.53. The van der Waals surface area contributed by atoms with E-state index in [-0.39, 0.29) is 5.97 Å². The number of aryl methyl sites for hydroxylation is 1. The molecule has 0 aliphatic heterocycles. The third-order valence-corrected chi connectivity index (χ3v) is 7.58. The summed E-state index contributed by atoms with van der Waals surface area (Å²) in [6.45, 7) is 6.82. The second-order valence-corrected chi connectivity index (χ2v) is 10.3. The minimum absolute atomic E-state index is 0.196. The van der Waals surface area contributed by atoms with Crippen molar-refractivity contribution in [1.29, 1.82) is 0 Å². The van der Waals surface area contributed by atoms with Gasteiger partial charge in [-0.25, -0.2) is 0 Å². The number of esters is 1. The molecule has 0 aliphatic carbocycles. The first kappa shape index (κ1) is 15.5. The van der Waals surface area contributed by atoms with Crippen molar-refractivity contribution in [2.45, 2.75) is 26.4 Å². The fraction of sp³-hybridized carbons (Fsp3) is 0.278. The van der Waals surface area contributed by atoms with Gasteiger partial charge in [0.15, 0.2) is 0 Å². The van der Waals surface area contributed by atoms with Gasteiger partial charge in [-0.05, 0) is 12.5 Å². The van der Waals surface area contributed by atoms with Gasteiger partial charge in [-0.3, -0.25) is 4.79 Å². The summed E-state index contributed by atoms with van der Waals surface area (Å²) in [6, 6.07) is 17.2. The molecule has 0 heterocycles. The Bertz CT molecular complexity index is 613. The van der Waals surface area contributed by atoms with Crippen LogP contribution in [-0.4, -0.2) is 21.2 Å². The Morgan fingerprint density at radius 1 is 0.952 bits per heavy atom. The van der Waals surface area contributed by atoms with E-state index >= 15 is 0 Å². The lowest BCUT2D eigenvalue weighted by Crippen LogP contribution is -2.52. The van der Waals surface area contributed by atoms with E-state index in [0.717, 1.165) is 5.56 Å². The van der Waals surface area contributed by atoms with Crippen molar-refractivity contribution >= 4 is 24.4 Å². The van der Waals surface area contributed by atoms with Gasteiger partial charge in [0.2, 0.25) is 0 Å². The fourth-order valence-corrected chi connectivity index (χ4v) is 4.75. The van der Waals surface area contributed by atoms with Gasteiger partial charge in [0.05, 0.1) is 13.5 Å². The van der Waals surface area contributed by atoms with Crippen LogP contribution in [0.25, 0.3) is 0 Å². The maximum absolute atomic E-state index is 11.3. The van der Waals surface area contributed by atoms with Crippen LogP contribution in [0.15, 0.2) is 48.5 Å². The summed E-state index contributed by atoms with van der Waals surface area (Å²) in [5.74, 6) is -0.196. The summed E-state index contributed by atoms with van der Waals surface area (Å²) in [7, 11) is -0.245. The lowest BCUT2D eigenvalue weighted by molar-refractivity contribution is -0.139. The SMILES string of the molecule is COC(=O)Cc1ccc([Si](C)(C)c2ccc(C)cc2)cc1. The fourth-order valence-electron chi connectivity index (χ4n) is 2.41. The van der Waals surface area contributed by atoms with Crippen LogP contribution in [0.1, 0.15) is 11.1 Å². The van der Waals surface area contributed by atoms with Crippen molar-refractivity contribution in [2.24, 2.45) is 0 Å². The minimum atomic E-state index is -1.67. The lowest BCUT2D eigenvalue weighted by Gasteiger charge is -2.24. The zero-order chi connectivity index (χ0) is 15.5. The minimum Gasteiger partial charge on any atom is -0.469 e. The van der Waals surface area contributed by atoms with Crippen molar-refractivity contribution in [3.63, 3.8) is 0 Å². The summed E-state index contributed by atoms with van der Waals surface area (Å²) in [6.07, 6.45) is 0.337. The van der Waals surface area contributed by atoms with Crippen LogP contribution in [0.4, 0.5) is 0 Å². The van der Waals surface area contributed by atoms with E-state index in [1.54, 1.807) is 0 Å². The van der Waals surface area contributed by atoms with Gasteiger partial charge in [0.1, 0.15) is 8.07 Å². The van der Waals surface area contributed by atoms with Crippen molar-refractivity contribution in [2.75, 3.05) is 7.11 Å². The normalized spacial score (nSPS) is 11.2. The Balaban J connectivity index is 2.24. The van der Waals surface area contributed by atoms with Gasteiger partial charge in [-0.1, -0.05) is 77.6 Å². The maximum Gasteiger partial charge on any atom is 0.309 e. The van der Waals surface area contributed by atoms with Crippen molar-refractivity contribution in [3.05, 3.63) is 59.7 Å². The van der Waals surface area contributed by atoms with Crippen LogP contribution in [-0.2, 0) is 16.0 Å². The number of rotatable bonds is 4. The number of methoxy groups -OCH3 is 1. The van der Waals surface area contributed by atoms with E-state index in [9.17, 15) is 4.79 Å². The van der Waals surface area contributed by atoms with E-state index < -0.39 is 8.07 Å². The molecule has 2 aromatic carbocycles. The summed E-state index contributed by atoms with van der Waals surface area (Å²) in [4.78, 5) is 11.3. The first-order chi connectivity index (χ1) is 9.93. The molecular weight excluding hydrogens is 276 g/mol. The van der Waals surface area contributed by atoms with E-state index in [2.05, 4.69) is 56.4 Å². The molecule has 0 atom stereocenters. The van der Waals surface area contributed by atoms with Crippen molar-refractivity contribution in [3.8, 4) is 0 Å². The number of benzene rings is 2. The molecule has 0 spiro atoms. The highest BCUT2D eigenvalue weighted by Gasteiger charge is 2.25. The van der Waals surface area contributed by atoms with Crippen molar-refractivity contribution < 1.29 is 9.53 Å². The first-order valence-electron chi connectivity index (χ1n) is 7.17. The van der Waals surface area contributed by atoms with Crippen molar-refractivity contribution in [1.82, 2.24) is 0 Å². The molecule has 21 heavy (non-hydrogen) atoms. The van der Waals surface area contributed by atoms with Crippen LogP contribution < -0.4 is 10.4 Å². The molecule has 0 aromatic heterocycles. The van der Waals surface area contributed by atoms with Crippen LogP contribution in [0.2, 0.25) is 13.1 Å². The third-order valence-electron chi connectivity index (χ3n) is 4.03. The smallest absolute Gasteiger partial charge is 0.309 e. The number of hydrogen-bond acceptors (Lipinski definition) is 2. The molecule has 2 nitrogen and oxygen atoms in total. The van der Waals surface area contributed by atoms with Crippen LogP contribution in [0, 0.1) is 6.92 Å². The quantitative estimate of drug-likeness (QED) is 0.640. The molecule has 0 unspecified atom stereocenters. The number of hydrogen-bond donors (Lipinski definition) is 0. The van der Waals surface area contributed by atoms with E-state index in [0.29, 0.717) is 6.42 Å². The van der Waals surface area contributed by atoms with Gasteiger partial charge in [0.25, 0.3) is 0 Å². The molecule has 0 amide bonds. The summed E-state index contributed by atoms with van der Waals surface area (Å²) in [5, 5.41) is 2.80. The van der Waals surface area contributed by atoms with Crippen LogP contribution >= 0.6 is 0 Å². The number of ether oxygens (including phenoxy) is 1. The highest BCUT2D eigenvalue weighted by molar-refractivity contribution is 7.00. The molecule has 0 bridgehead atoms. The molecule has 0 fully saturated rings. The standard InChI is InChI=1S/C18H22O2Si/c1-14-5-9-16(10-6-14)21(3,4)17-11-7-15(8-12-17)13-18(19)20-2/h5-12H,13H2,1-4H3.